The first-order chi connectivity index (χ1) is 19.4. The van der Waals surface area contributed by atoms with Gasteiger partial charge >= 0.3 is 5.91 Å². The van der Waals surface area contributed by atoms with E-state index in [1.54, 1.807) is 48.5 Å². The van der Waals surface area contributed by atoms with Crippen LogP contribution in [-0.4, -0.2) is 45.3 Å². The number of hydrogen-bond acceptors (Lipinski definition) is 10. The minimum absolute atomic E-state index is 0.0826. The van der Waals surface area contributed by atoms with Crippen LogP contribution in [0.15, 0.2) is 76.6 Å². The zero-order valence-electron chi connectivity index (χ0n) is 20.6. The van der Waals surface area contributed by atoms with Gasteiger partial charge in [-0.2, -0.15) is 0 Å². The molecule has 0 saturated carbocycles. The van der Waals surface area contributed by atoms with E-state index in [1.165, 1.54) is 30.0 Å². The summed E-state index contributed by atoms with van der Waals surface area (Å²) in [5, 5.41) is 29.9. The van der Waals surface area contributed by atoms with Crippen molar-refractivity contribution in [3.05, 3.63) is 94.8 Å². The summed E-state index contributed by atoms with van der Waals surface area (Å²) in [5.74, 6) is -1.47. The second-order valence-corrected chi connectivity index (χ2v) is 11.0. The number of amides is 1. The number of halogens is 1. The van der Waals surface area contributed by atoms with Gasteiger partial charge < -0.3 is 19.7 Å². The molecule has 9 nitrogen and oxygen atoms in total. The van der Waals surface area contributed by atoms with Crippen LogP contribution in [0.1, 0.15) is 22.7 Å². The van der Waals surface area contributed by atoms with Gasteiger partial charge in [0.15, 0.2) is 15.8 Å². The molecule has 6 rings (SSSR count). The van der Waals surface area contributed by atoms with Crippen LogP contribution in [-0.2, 0) is 15.3 Å². The van der Waals surface area contributed by atoms with Crippen LogP contribution in [0.5, 0.6) is 17.2 Å². The number of thioether (sulfide) groups is 1. The third-order valence-electron chi connectivity index (χ3n) is 6.36. The molecule has 3 aromatic carbocycles. The number of phenols is 1. The smallest absolute Gasteiger partial charge is 0.301 e. The normalized spacial score (nSPS) is 17.8. The predicted molar refractivity (Wildman–Crippen MR) is 146 cm³/mol. The fourth-order valence-electron chi connectivity index (χ4n) is 4.50. The zero-order valence-corrected chi connectivity index (χ0v) is 22.2. The third-order valence-corrected chi connectivity index (χ3v) is 8.46. The van der Waals surface area contributed by atoms with E-state index in [0.29, 0.717) is 45.9 Å². The highest BCUT2D eigenvalue weighted by molar-refractivity contribution is 8.00. The minimum Gasteiger partial charge on any atom is -0.508 e. The van der Waals surface area contributed by atoms with Gasteiger partial charge in [0.1, 0.15) is 30.5 Å². The number of hydrogen-bond donors (Lipinski definition) is 2. The molecule has 1 aromatic heterocycles. The summed E-state index contributed by atoms with van der Waals surface area (Å²) >= 11 is 2.30. The summed E-state index contributed by atoms with van der Waals surface area (Å²) in [6.07, 6.45) is 0. The first-order valence-corrected chi connectivity index (χ1v) is 13.9. The highest BCUT2D eigenvalue weighted by Gasteiger charge is 2.48. The molecule has 0 aliphatic carbocycles. The number of ether oxygens (including phenoxy) is 2. The van der Waals surface area contributed by atoms with Crippen LogP contribution < -0.4 is 14.4 Å². The Balaban J connectivity index is 1.39. The number of ketones is 1. The molecule has 1 amide bonds. The number of rotatable bonds is 6. The Morgan fingerprint density at radius 2 is 1.82 bits per heavy atom. The van der Waals surface area contributed by atoms with E-state index in [2.05, 4.69) is 10.2 Å². The number of aliphatic hydroxyl groups is 1. The lowest BCUT2D eigenvalue weighted by atomic mass is 9.95. The highest BCUT2D eigenvalue weighted by atomic mass is 32.2. The van der Waals surface area contributed by atoms with Gasteiger partial charge in [0.05, 0.1) is 11.6 Å². The van der Waals surface area contributed by atoms with Crippen LogP contribution in [0, 0.1) is 5.82 Å². The van der Waals surface area contributed by atoms with Crippen LogP contribution in [0.2, 0.25) is 0 Å². The average Bonchev–Trinajstić information content (AvgIpc) is 3.54. The molecule has 1 saturated heterocycles. The number of anilines is 1. The number of phenolic OH excluding ortho intramolecular Hbond substituents is 1. The second kappa shape index (κ2) is 10.6. The highest BCUT2D eigenvalue weighted by Crippen LogP contribution is 2.45. The predicted octanol–water partition coefficient (Wildman–Crippen LogP) is 5.07. The number of carbonyl (C=O) groups excluding carboxylic acids is 2. The zero-order chi connectivity index (χ0) is 27.8. The van der Waals surface area contributed by atoms with Crippen LogP contribution in [0.4, 0.5) is 9.52 Å². The summed E-state index contributed by atoms with van der Waals surface area (Å²) in [5.41, 5.74) is 0.951. The molecular formula is C28H20FN3O6S2. The molecule has 202 valence electrons. The third kappa shape index (κ3) is 4.75. The summed E-state index contributed by atoms with van der Waals surface area (Å²) in [7, 11) is 0. The van der Waals surface area contributed by atoms with Gasteiger partial charge in [0.25, 0.3) is 5.78 Å². The Kier molecular flexibility index (Phi) is 6.86. The van der Waals surface area contributed by atoms with Gasteiger partial charge in [-0.1, -0.05) is 53.4 Å². The second-order valence-electron chi connectivity index (χ2n) is 8.85. The van der Waals surface area contributed by atoms with Crippen LogP contribution in [0.25, 0.3) is 5.76 Å². The Bertz CT molecular complexity index is 1670. The van der Waals surface area contributed by atoms with Crippen molar-refractivity contribution < 1.29 is 33.7 Å². The average molecular weight is 578 g/mol. The van der Waals surface area contributed by atoms with E-state index >= 15 is 0 Å². The maximum absolute atomic E-state index is 14.1. The minimum atomic E-state index is -1.10. The molecular weight excluding hydrogens is 557 g/mol. The molecule has 2 aliphatic heterocycles. The molecule has 4 aromatic rings. The van der Waals surface area contributed by atoms with Crippen molar-refractivity contribution in [1.82, 2.24) is 10.2 Å². The van der Waals surface area contributed by atoms with Crippen molar-refractivity contribution in [2.24, 2.45) is 0 Å². The maximum Gasteiger partial charge on any atom is 0.301 e. The lowest BCUT2D eigenvalue weighted by molar-refractivity contribution is -0.132. The quantitative estimate of drug-likeness (QED) is 0.106. The van der Waals surface area contributed by atoms with Crippen molar-refractivity contribution in [2.45, 2.75) is 16.1 Å². The SMILES string of the molecule is O=C1C(=O)N(c2nnc(SCc3ccccc3F)s2)C(c2cccc(O)c2)C1=C(O)c1ccc2c(c1)OCCO2. The maximum atomic E-state index is 14.1. The van der Waals surface area contributed by atoms with Gasteiger partial charge in [-0.05, 0) is 47.5 Å². The van der Waals surface area contributed by atoms with E-state index in [-0.39, 0.29) is 27.8 Å². The molecule has 1 unspecified atom stereocenters. The van der Waals surface area contributed by atoms with Gasteiger partial charge in [-0.3, -0.25) is 14.5 Å². The fraction of sp³-hybridized carbons (Fsp3) is 0.143. The topological polar surface area (TPSA) is 122 Å². The monoisotopic (exact) mass is 577 g/mol. The van der Waals surface area contributed by atoms with Gasteiger partial charge in [0.2, 0.25) is 5.13 Å². The lowest BCUT2D eigenvalue weighted by Gasteiger charge is -2.23. The van der Waals surface area contributed by atoms with Crippen molar-refractivity contribution in [3.63, 3.8) is 0 Å². The summed E-state index contributed by atoms with van der Waals surface area (Å²) in [6, 6.07) is 16.1. The van der Waals surface area contributed by atoms with E-state index in [0.717, 1.165) is 16.2 Å². The number of benzene rings is 3. The van der Waals surface area contributed by atoms with E-state index < -0.39 is 23.5 Å². The number of aliphatic hydroxyl groups excluding tert-OH is 1. The summed E-state index contributed by atoms with van der Waals surface area (Å²) < 4.78 is 25.7. The molecule has 40 heavy (non-hydrogen) atoms. The number of nitrogens with zero attached hydrogens (tertiary/aromatic N) is 3. The molecule has 1 atom stereocenters. The van der Waals surface area contributed by atoms with E-state index in [9.17, 15) is 24.2 Å². The molecule has 0 radical (unpaired) electrons. The summed E-state index contributed by atoms with van der Waals surface area (Å²) in [4.78, 5) is 27.9. The fourth-order valence-corrected chi connectivity index (χ4v) is 6.35. The van der Waals surface area contributed by atoms with E-state index in [4.69, 9.17) is 9.47 Å². The van der Waals surface area contributed by atoms with Crippen LogP contribution in [0.3, 0.4) is 0 Å². The van der Waals surface area contributed by atoms with Crippen LogP contribution >= 0.6 is 23.1 Å². The summed E-state index contributed by atoms with van der Waals surface area (Å²) in [6.45, 7) is 0.725. The number of Topliss-reactive ketones (excluding diaryl/α,β-unsaturated/α-hetero) is 1. The van der Waals surface area contributed by atoms with Crippen molar-refractivity contribution in [3.8, 4) is 17.2 Å². The molecule has 2 N–H and O–H groups in total. The molecule has 0 spiro atoms. The Hall–Kier alpha value is -4.42. The first kappa shape index (κ1) is 25.8. The van der Waals surface area contributed by atoms with Crippen molar-refractivity contribution in [1.29, 1.82) is 0 Å². The van der Waals surface area contributed by atoms with E-state index in [1.807, 2.05) is 0 Å². The molecule has 1 fully saturated rings. The molecule has 12 heteroatoms. The number of fused-ring (bicyclic) bond motifs is 1. The standard InChI is InChI=1S/C28H20FN3O6S2/c29-19-7-2-1-4-17(19)14-39-28-31-30-27(40-28)32-23(15-5-3-6-18(33)12-15)22(25(35)26(32)36)24(34)16-8-9-20-21(13-16)38-11-10-37-20/h1-9,12-13,23,33-34H,10-11,14H2. The van der Waals surface area contributed by atoms with Gasteiger partial charge in [-0.25, -0.2) is 4.39 Å². The number of aromatic hydroxyl groups is 1. The lowest BCUT2D eigenvalue weighted by Crippen LogP contribution is -2.29. The Morgan fingerprint density at radius 1 is 1.02 bits per heavy atom. The number of aromatic nitrogens is 2. The molecule has 2 aliphatic rings. The Morgan fingerprint density at radius 3 is 2.62 bits per heavy atom. The van der Waals surface area contributed by atoms with Crippen molar-refractivity contribution >= 4 is 45.7 Å². The van der Waals surface area contributed by atoms with Gasteiger partial charge in [0, 0.05) is 11.3 Å². The molecule has 0 bridgehead atoms. The van der Waals surface area contributed by atoms with Gasteiger partial charge in [-0.15, -0.1) is 10.2 Å². The largest absolute Gasteiger partial charge is 0.508 e. The number of carbonyl (C=O) groups is 2. The molecule has 3 heterocycles. The Labute approximate surface area is 235 Å². The first-order valence-electron chi connectivity index (χ1n) is 12.1. The van der Waals surface area contributed by atoms with Crippen molar-refractivity contribution in [2.75, 3.05) is 18.1 Å².